The minimum absolute atomic E-state index is 0. The zero-order valence-electron chi connectivity index (χ0n) is 14.6. The second-order valence-corrected chi connectivity index (χ2v) is 5.49. The molecular weight excluding hydrogens is 443 g/mol. The zero-order chi connectivity index (χ0) is 17.3. The van der Waals surface area contributed by atoms with E-state index in [4.69, 9.17) is 4.42 Å². The molecular formula is C18H23IN6O. The third-order valence-electron chi connectivity index (χ3n) is 3.62. The lowest BCUT2D eigenvalue weighted by molar-refractivity contribution is 0.507. The van der Waals surface area contributed by atoms with Gasteiger partial charge in [-0.05, 0) is 30.7 Å². The van der Waals surface area contributed by atoms with E-state index in [1.165, 1.54) is 6.33 Å². The lowest BCUT2D eigenvalue weighted by Crippen LogP contribution is -2.38. The first-order valence-corrected chi connectivity index (χ1v) is 8.34. The van der Waals surface area contributed by atoms with Gasteiger partial charge in [0, 0.05) is 25.1 Å². The highest BCUT2D eigenvalue weighted by molar-refractivity contribution is 14.0. The monoisotopic (exact) mass is 466 g/mol. The van der Waals surface area contributed by atoms with Crippen LogP contribution in [0, 0.1) is 0 Å². The van der Waals surface area contributed by atoms with Gasteiger partial charge in [-0.25, -0.2) is 9.98 Å². The van der Waals surface area contributed by atoms with Crippen molar-refractivity contribution in [2.75, 3.05) is 13.1 Å². The van der Waals surface area contributed by atoms with Crippen LogP contribution in [0.5, 0.6) is 0 Å². The lowest BCUT2D eigenvalue weighted by Gasteiger charge is -2.11. The maximum Gasteiger partial charge on any atom is 0.191 e. The summed E-state index contributed by atoms with van der Waals surface area (Å²) in [6, 6.07) is 12.0. The summed E-state index contributed by atoms with van der Waals surface area (Å²) in [6.45, 7) is 4.20. The quantitative estimate of drug-likeness (QED) is 0.283. The molecule has 0 fully saturated rings. The summed E-state index contributed by atoms with van der Waals surface area (Å²) in [6.07, 6.45) is 4.01. The Hall–Kier alpha value is -2.36. The van der Waals surface area contributed by atoms with Gasteiger partial charge >= 0.3 is 0 Å². The van der Waals surface area contributed by atoms with Crippen molar-refractivity contribution in [1.82, 2.24) is 25.8 Å². The van der Waals surface area contributed by atoms with Gasteiger partial charge in [-0.15, -0.1) is 24.0 Å². The Balaban J connectivity index is 0.00000243. The minimum Gasteiger partial charge on any atom is -0.469 e. The zero-order valence-corrected chi connectivity index (χ0v) is 16.9. The molecule has 0 atom stereocenters. The van der Waals surface area contributed by atoms with Crippen molar-refractivity contribution >= 4 is 29.9 Å². The van der Waals surface area contributed by atoms with Crippen LogP contribution in [-0.2, 0) is 13.0 Å². The Morgan fingerprint density at radius 1 is 1.23 bits per heavy atom. The van der Waals surface area contributed by atoms with E-state index < -0.39 is 0 Å². The molecule has 0 amide bonds. The molecule has 138 valence electrons. The molecule has 0 aliphatic heterocycles. The molecule has 0 saturated carbocycles. The van der Waals surface area contributed by atoms with Crippen LogP contribution in [0.3, 0.4) is 0 Å². The van der Waals surface area contributed by atoms with E-state index in [0.717, 1.165) is 48.2 Å². The SMILES string of the molecule is CCNC(=NCc1cccc(-c2ncn[nH]2)c1)NCCc1ccco1.I. The molecule has 2 aromatic heterocycles. The van der Waals surface area contributed by atoms with E-state index in [0.29, 0.717) is 6.54 Å². The molecule has 3 aromatic rings. The van der Waals surface area contributed by atoms with Crippen molar-refractivity contribution in [3.63, 3.8) is 0 Å². The molecule has 1 aromatic carbocycles. The van der Waals surface area contributed by atoms with E-state index >= 15 is 0 Å². The predicted octanol–water partition coefficient (Wildman–Crippen LogP) is 2.98. The third kappa shape index (κ3) is 5.87. The largest absolute Gasteiger partial charge is 0.469 e. The van der Waals surface area contributed by atoms with Gasteiger partial charge in [0.2, 0.25) is 0 Å². The van der Waals surface area contributed by atoms with Crippen molar-refractivity contribution in [3.05, 3.63) is 60.3 Å². The molecule has 0 aliphatic rings. The van der Waals surface area contributed by atoms with Crippen molar-refractivity contribution < 1.29 is 4.42 Å². The number of hydrogen-bond donors (Lipinski definition) is 3. The number of H-pyrrole nitrogens is 1. The topological polar surface area (TPSA) is 91.1 Å². The normalized spacial score (nSPS) is 11.0. The first kappa shape index (κ1) is 20.0. The van der Waals surface area contributed by atoms with E-state index in [9.17, 15) is 0 Å². The molecule has 0 saturated heterocycles. The van der Waals surface area contributed by atoms with Crippen LogP contribution in [0.1, 0.15) is 18.2 Å². The molecule has 3 rings (SSSR count). The molecule has 3 N–H and O–H groups in total. The van der Waals surface area contributed by atoms with Gasteiger partial charge < -0.3 is 15.1 Å². The molecule has 26 heavy (non-hydrogen) atoms. The second kappa shape index (κ2) is 10.6. The number of guanidine groups is 1. The molecule has 0 bridgehead atoms. The summed E-state index contributed by atoms with van der Waals surface area (Å²) in [4.78, 5) is 8.82. The van der Waals surface area contributed by atoms with Crippen molar-refractivity contribution in [1.29, 1.82) is 0 Å². The van der Waals surface area contributed by atoms with Gasteiger partial charge in [0.25, 0.3) is 0 Å². The summed E-state index contributed by atoms with van der Waals surface area (Å²) < 4.78 is 5.34. The fourth-order valence-corrected chi connectivity index (χ4v) is 2.43. The minimum atomic E-state index is 0. The Bertz CT molecular complexity index is 786. The fourth-order valence-electron chi connectivity index (χ4n) is 2.43. The second-order valence-electron chi connectivity index (χ2n) is 5.49. The number of rotatable bonds is 7. The average Bonchev–Trinajstić information content (AvgIpc) is 3.34. The highest BCUT2D eigenvalue weighted by Gasteiger charge is 2.03. The van der Waals surface area contributed by atoms with Crippen molar-refractivity contribution in [2.45, 2.75) is 19.9 Å². The van der Waals surface area contributed by atoms with Gasteiger partial charge in [0.05, 0.1) is 12.8 Å². The Kier molecular flexibility index (Phi) is 8.13. The Morgan fingerprint density at radius 2 is 2.15 bits per heavy atom. The molecule has 0 unspecified atom stereocenters. The summed E-state index contributed by atoms with van der Waals surface area (Å²) in [5.74, 6) is 2.51. The molecule has 2 heterocycles. The van der Waals surface area contributed by atoms with Gasteiger partial charge in [0.15, 0.2) is 11.8 Å². The number of benzene rings is 1. The lowest BCUT2D eigenvalue weighted by atomic mass is 10.1. The number of hydrogen-bond acceptors (Lipinski definition) is 4. The van der Waals surface area contributed by atoms with Crippen molar-refractivity contribution in [2.24, 2.45) is 4.99 Å². The number of aliphatic imine (C=N–C) groups is 1. The summed E-state index contributed by atoms with van der Waals surface area (Å²) in [5.41, 5.74) is 2.11. The highest BCUT2D eigenvalue weighted by Crippen LogP contribution is 2.15. The van der Waals surface area contributed by atoms with Crippen LogP contribution in [0.25, 0.3) is 11.4 Å². The standard InChI is InChI=1S/C18H22N6O.HI/c1-2-19-18(20-9-8-16-7-4-10-25-16)21-12-14-5-3-6-15(11-14)17-22-13-23-24-17;/h3-7,10-11,13H,2,8-9,12H2,1H3,(H2,19,20,21)(H,22,23,24);1H. The molecule has 0 radical (unpaired) electrons. The third-order valence-corrected chi connectivity index (χ3v) is 3.62. The molecule has 0 aliphatic carbocycles. The predicted molar refractivity (Wildman–Crippen MR) is 112 cm³/mol. The van der Waals surface area contributed by atoms with Crippen LogP contribution >= 0.6 is 24.0 Å². The highest BCUT2D eigenvalue weighted by atomic mass is 127. The summed E-state index contributed by atoms with van der Waals surface area (Å²) in [5, 5.41) is 13.3. The number of furan rings is 1. The Labute approximate surface area is 169 Å². The van der Waals surface area contributed by atoms with E-state index in [-0.39, 0.29) is 24.0 Å². The Morgan fingerprint density at radius 3 is 2.88 bits per heavy atom. The van der Waals surface area contributed by atoms with E-state index in [1.54, 1.807) is 6.26 Å². The summed E-state index contributed by atoms with van der Waals surface area (Å²) in [7, 11) is 0. The van der Waals surface area contributed by atoms with Crippen LogP contribution in [-0.4, -0.2) is 34.2 Å². The number of aromatic amines is 1. The number of nitrogens with zero attached hydrogens (tertiary/aromatic N) is 3. The molecule has 0 spiro atoms. The average molecular weight is 466 g/mol. The fraction of sp³-hybridized carbons (Fsp3) is 0.278. The first-order valence-electron chi connectivity index (χ1n) is 8.34. The molecule has 7 nitrogen and oxygen atoms in total. The van der Waals surface area contributed by atoms with Crippen LogP contribution in [0.4, 0.5) is 0 Å². The van der Waals surface area contributed by atoms with Gasteiger partial charge in [-0.3, -0.25) is 5.10 Å². The maximum atomic E-state index is 5.34. The van der Waals surface area contributed by atoms with E-state index in [2.05, 4.69) is 42.9 Å². The van der Waals surface area contributed by atoms with E-state index in [1.807, 2.05) is 31.2 Å². The molecule has 8 heteroatoms. The maximum absolute atomic E-state index is 5.34. The van der Waals surface area contributed by atoms with Gasteiger partial charge in [0.1, 0.15) is 12.1 Å². The number of nitrogens with one attached hydrogen (secondary N) is 3. The first-order chi connectivity index (χ1) is 12.3. The summed E-state index contributed by atoms with van der Waals surface area (Å²) >= 11 is 0. The smallest absolute Gasteiger partial charge is 0.191 e. The van der Waals surface area contributed by atoms with Gasteiger partial charge in [-0.2, -0.15) is 5.10 Å². The van der Waals surface area contributed by atoms with Crippen LogP contribution in [0.15, 0.2) is 58.4 Å². The van der Waals surface area contributed by atoms with Crippen LogP contribution < -0.4 is 10.6 Å². The number of halogens is 1. The van der Waals surface area contributed by atoms with Crippen molar-refractivity contribution in [3.8, 4) is 11.4 Å². The number of aromatic nitrogens is 3. The van der Waals surface area contributed by atoms with Gasteiger partial charge in [-0.1, -0.05) is 18.2 Å². The van der Waals surface area contributed by atoms with Crippen LogP contribution in [0.2, 0.25) is 0 Å².